The first-order chi connectivity index (χ1) is 11.5. The maximum absolute atomic E-state index is 12.0. The Kier molecular flexibility index (Phi) is 7.98. The molecule has 0 aromatic rings. The number of likely N-dealkylation sites (tertiary alicyclic amines) is 1. The summed E-state index contributed by atoms with van der Waals surface area (Å²) in [5, 5.41) is 0. The zero-order valence-corrected chi connectivity index (χ0v) is 15.9. The molecule has 1 aliphatic carbocycles. The number of hydrogen-bond acceptors (Lipinski definition) is 4. The molecule has 1 heterocycles. The van der Waals surface area contributed by atoms with Crippen LogP contribution in [0, 0.1) is 11.8 Å². The van der Waals surface area contributed by atoms with Gasteiger partial charge >= 0.3 is 0 Å². The fourth-order valence-corrected chi connectivity index (χ4v) is 4.14. The van der Waals surface area contributed by atoms with Crippen LogP contribution in [-0.4, -0.2) is 48.8 Å². The molecule has 2 unspecified atom stereocenters. The monoisotopic (exact) mass is 340 g/mol. The molecule has 140 valence electrons. The lowest BCUT2D eigenvalue weighted by atomic mass is 9.80. The molecular formula is C19H36N2O3. The fourth-order valence-electron chi connectivity index (χ4n) is 4.14. The van der Waals surface area contributed by atoms with Crippen LogP contribution in [-0.2, 0) is 14.4 Å². The topological polar surface area (TPSA) is 50.8 Å². The predicted octanol–water partition coefficient (Wildman–Crippen LogP) is 3.14. The number of carbonyl (C=O) groups is 1. The number of nitrogens with zero attached hydrogens (tertiary/aromatic N) is 1. The second-order valence-corrected chi connectivity index (χ2v) is 7.69. The van der Waals surface area contributed by atoms with E-state index in [0.29, 0.717) is 19.3 Å². The standard InChI is InChI=1S/C19H36N2O3/c1-5-24-20-18-7-6-12-21(15(4)22)19(18)13-23-17-10-8-16(9-11-17)14(2)3/h14,16-20H,5-13H2,1-4H3. The maximum Gasteiger partial charge on any atom is 0.219 e. The molecule has 1 N–H and O–H groups in total. The minimum Gasteiger partial charge on any atom is -0.376 e. The van der Waals surface area contributed by atoms with Crippen molar-refractivity contribution in [2.75, 3.05) is 19.8 Å². The molecular weight excluding hydrogens is 304 g/mol. The van der Waals surface area contributed by atoms with Gasteiger partial charge in [-0.25, -0.2) is 0 Å². The minimum atomic E-state index is 0.0747. The van der Waals surface area contributed by atoms with E-state index in [4.69, 9.17) is 9.57 Å². The molecule has 1 aliphatic heterocycles. The zero-order chi connectivity index (χ0) is 17.5. The predicted molar refractivity (Wildman–Crippen MR) is 95.5 cm³/mol. The number of hydrogen-bond donors (Lipinski definition) is 1. The third-order valence-corrected chi connectivity index (χ3v) is 5.73. The van der Waals surface area contributed by atoms with Gasteiger partial charge in [0.1, 0.15) is 0 Å². The highest BCUT2D eigenvalue weighted by Gasteiger charge is 2.34. The van der Waals surface area contributed by atoms with Crippen LogP contribution in [0.15, 0.2) is 0 Å². The third-order valence-electron chi connectivity index (χ3n) is 5.73. The smallest absolute Gasteiger partial charge is 0.219 e. The van der Waals surface area contributed by atoms with Gasteiger partial charge in [-0.3, -0.25) is 4.79 Å². The summed E-state index contributed by atoms with van der Waals surface area (Å²) in [6.45, 7) is 10.3. The van der Waals surface area contributed by atoms with E-state index in [9.17, 15) is 4.79 Å². The Balaban J connectivity index is 1.87. The van der Waals surface area contributed by atoms with Crippen LogP contribution in [0.1, 0.15) is 66.2 Å². The second-order valence-electron chi connectivity index (χ2n) is 7.69. The van der Waals surface area contributed by atoms with Gasteiger partial charge in [-0.15, -0.1) is 0 Å². The molecule has 0 radical (unpaired) electrons. The van der Waals surface area contributed by atoms with Gasteiger partial charge in [0.15, 0.2) is 0 Å². The Morgan fingerprint density at radius 2 is 1.92 bits per heavy atom. The summed E-state index contributed by atoms with van der Waals surface area (Å²) in [7, 11) is 0. The molecule has 2 rings (SSSR count). The van der Waals surface area contributed by atoms with E-state index in [1.54, 1.807) is 6.92 Å². The normalized spacial score (nSPS) is 31.5. The highest BCUT2D eigenvalue weighted by molar-refractivity contribution is 5.73. The molecule has 1 saturated heterocycles. The second kappa shape index (κ2) is 9.73. The molecule has 0 aromatic heterocycles. The first-order valence-electron chi connectivity index (χ1n) is 9.79. The molecule has 5 heteroatoms. The summed E-state index contributed by atoms with van der Waals surface area (Å²) in [4.78, 5) is 19.4. The van der Waals surface area contributed by atoms with E-state index in [2.05, 4.69) is 19.3 Å². The first-order valence-corrected chi connectivity index (χ1v) is 9.79. The van der Waals surface area contributed by atoms with Crippen molar-refractivity contribution in [3.05, 3.63) is 0 Å². The lowest BCUT2D eigenvalue weighted by molar-refractivity contribution is -0.139. The minimum absolute atomic E-state index is 0.0747. The van der Waals surface area contributed by atoms with Crippen molar-refractivity contribution < 1.29 is 14.4 Å². The van der Waals surface area contributed by atoms with Gasteiger partial charge < -0.3 is 14.5 Å². The van der Waals surface area contributed by atoms with E-state index in [1.165, 1.54) is 12.8 Å². The molecule has 0 spiro atoms. The highest BCUT2D eigenvalue weighted by Crippen LogP contribution is 2.31. The summed E-state index contributed by atoms with van der Waals surface area (Å²) in [6.07, 6.45) is 7.23. The van der Waals surface area contributed by atoms with Gasteiger partial charge in [0.05, 0.1) is 31.4 Å². The van der Waals surface area contributed by atoms with Crippen molar-refractivity contribution >= 4 is 5.91 Å². The summed E-state index contributed by atoms with van der Waals surface area (Å²) in [5.41, 5.74) is 3.14. The number of rotatable bonds is 7. The van der Waals surface area contributed by atoms with Crippen LogP contribution < -0.4 is 5.48 Å². The highest BCUT2D eigenvalue weighted by atomic mass is 16.6. The van der Waals surface area contributed by atoms with Gasteiger partial charge in [-0.05, 0) is 57.3 Å². The Bertz CT molecular complexity index is 381. The summed E-state index contributed by atoms with van der Waals surface area (Å²) >= 11 is 0. The van der Waals surface area contributed by atoms with E-state index >= 15 is 0 Å². The lowest BCUT2D eigenvalue weighted by Crippen LogP contribution is -2.57. The number of hydroxylamine groups is 1. The average Bonchev–Trinajstić information content (AvgIpc) is 2.58. The van der Waals surface area contributed by atoms with Crippen molar-refractivity contribution in [1.29, 1.82) is 0 Å². The zero-order valence-electron chi connectivity index (χ0n) is 15.9. The van der Waals surface area contributed by atoms with Crippen molar-refractivity contribution in [1.82, 2.24) is 10.4 Å². The largest absolute Gasteiger partial charge is 0.376 e. The molecule has 0 bridgehead atoms. The van der Waals surface area contributed by atoms with E-state index in [0.717, 1.165) is 44.1 Å². The molecule has 2 fully saturated rings. The first kappa shape index (κ1) is 19.7. The van der Waals surface area contributed by atoms with Crippen LogP contribution >= 0.6 is 0 Å². The number of carbonyl (C=O) groups excluding carboxylic acids is 1. The van der Waals surface area contributed by atoms with E-state index in [1.807, 2.05) is 11.8 Å². The number of nitrogens with one attached hydrogen (secondary N) is 1. The number of amides is 1. The summed E-state index contributed by atoms with van der Waals surface area (Å²) < 4.78 is 6.25. The number of piperidine rings is 1. The van der Waals surface area contributed by atoms with Crippen molar-refractivity contribution in [2.45, 2.75) is 84.4 Å². The maximum atomic E-state index is 12.0. The Morgan fingerprint density at radius 3 is 2.50 bits per heavy atom. The van der Waals surface area contributed by atoms with Crippen LogP contribution in [0.3, 0.4) is 0 Å². The van der Waals surface area contributed by atoms with Gasteiger partial charge in [0.2, 0.25) is 5.91 Å². The fraction of sp³-hybridized carbons (Fsp3) is 0.947. The van der Waals surface area contributed by atoms with Crippen LogP contribution in [0.4, 0.5) is 0 Å². The van der Waals surface area contributed by atoms with Crippen molar-refractivity contribution in [3.8, 4) is 0 Å². The van der Waals surface area contributed by atoms with Crippen molar-refractivity contribution in [2.24, 2.45) is 11.8 Å². The summed E-state index contributed by atoms with van der Waals surface area (Å²) in [6, 6.07) is 0.236. The quantitative estimate of drug-likeness (QED) is 0.724. The van der Waals surface area contributed by atoms with E-state index in [-0.39, 0.29) is 18.0 Å². The Hall–Kier alpha value is -0.650. The molecule has 5 nitrogen and oxygen atoms in total. The van der Waals surface area contributed by atoms with Gasteiger partial charge in [-0.2, -0.15) is 5.48 Å². The van der Waals surface area contributed by atoms with Crippen LogP contribution in [0.2, 0.25) is 0 Å². The molecule has 2 aliphatic rings. The molecule has 0 aromatic carbocycles. The van der Waals surface area contributed by atoms with Crippen LogP contribution in [0.5, 0.6) is 0 Å². The van der Waals surface area contributed by atoms with Crippen molar-refractivity contribution in [3.63, 3.8) is 0 Å². The molecule has 1 amide bonds. The lowest BCUT2D eigenvalue weighted by Gasteiger charge is -2.41. The SMILES string of the molecule is CCONC1CCCN(C(C)=O)C1COC1CCC(C(C)C)CC1. The third kappa shape index (κ3) is 5.43. The molecule has 2 atom stereocenters. The Morgan fingerprint density at radius 1 is 1.21 bits per heavy atom. The van der Waals surface area contributed by atoms with Gasteiger partial charge in [0, 0.05) is 13.5 Å². The summed E-state index contributed by atoms with van der Waals surface area (Å²) in [5.74, 6) is 1.76. The Labute approximate surface area is 147 Å². The van der Waals surface area contributed by atoms with E-state index < -0.39 is 0 Å². The van der Waals surface area contributed by atoms with Gasteiger partial charge in [0.25, 0.3) is 0 Å². The molecule has 1 saturated carbocycles. The average molecular weight is 341 g/mol. The molecule has 24 heavy (non-hydrogen) atoms. The number of ether oxygens (including phenoxy) is 1. The van der Waals surface area contributed by atoms with Crippen LogP contribution in [0.25, 0.3) is 0 Å². The van der Waals surface area contributed by atoms with Gasteiger partial charge in [-0.1, -0.05) is 13.8 Å².